The van der Waals surface area contributed by atoms with Gasteiger partial charge in [-0.25, -0.2) is 4.98 Å². The normalized spacial score (nSPS) is 10.9. The number of rotatable bonds is 3. The van der Waals surface area contributed by atoms with Gasteiger partial charge in [0.1, 0.15) is 5.82 Å². The van der Waals surface area contributed by atoms with Crippen molar-refractivity contribution in [2.24, 2.45) is 7.05 Å². The van der Waals surface area contributed by atoms with Gasteiger partial charge in [0, 0.05) is 37.8 Å². The summed E-state index contributed by atoms with van der Waals surface area (Å²) in [7, 11) is 3.89. The molecule has 3 rings (SSSR count). The molecule has 0 aliphatic heterocycles. The second kappa shape index (κ2) is 4.80. The largest absolute Gasteiger partial charge is 0.368 e. The quantitative estimate of drug-likeness (QED) is 0.780. The van der Waals surface area contributed by atoms with E-state index in [1.54, 1.807) is 4.68 Å². The summed E-state index contributed by atoms with van der Waals surface area (Å²) in [5, 5.41) is 5.17. The predicted molar refractivity (Wildman–Crippen MR) is 79.3 cm³/mol. The number of hydrogen-bond donors (Lipinski definition) is 1. The number of para-hydroxylation sites is 1. The number of fused-ring (bicyclic) bond motifs is 1. The minimum atomic E-state index is 0.289. The molecule has 1 aromatic carbocycles. The van der Waals surface area contributed by atoms with Crippen molar-refractivity contribution in [1.29, 1.82) is 0 Å². The molecule has 0 bridgehead atoms. The summed E-state index contributed by atoms with van der Waals surface area (Å²) in [4.78, 5) is 10.7. The van der Waals surface area contributed by atoms with Crippen molar-refractivity contribution in [3.05, 3.63) is 42.2 Å². The van der Waals surface area contributed by atoms with Crippen LogP contribution in [0.2, 0.25) is 0 Å². The number of nitrogens with zero attached hydrogens (tertiary/aromatic N) is 5. The minimum absolute atomic E-state index is 0.289. The molecule has 6 heteroatoms. The molecule has 0 radical (unpaired) electrons. The van der Waals surface area contributed by atoms with Crippen LogP contribution in [-0.2, 0) is 13.6 Å². The Bertz CT molecular complexity index is 748. The van der Waals surface area contributed by atoms with Gasteiger partial charge in [0.15, 0.2) is 0 Å². The lowest BCUT2D eigenvalue weighted by Gasteiger charge is -2.19. The highest BCUT2D eigenvalue weighted by molar-refractivity contribution is 5.90. The molecule has 0 spiro atoms. The van der Waals surface area contributed by atoms with E-state index in [1.807, 2.05) is 50.8 Å². The lowest BCUT2D eigenvalue weighted by molar-refractivity contribution is 0.766. The van der Waals surface area contributed by atoms with Gasteiger partial charge in [-0.2, -0.15) is 10.1 Å². The van der Waals surface area contributed by atoms with Crippen LogP contribution in [0.3, 0.4) is 0 Å². The summed E-state index contributed by atoms with van der Waals surface area (Å²) in [6, 6.07) is 7.86. The smallest absolute Gasteiger partial charge is 0.222 e. The van der Waals surface area contributed by atoms with E-state index < -0.39 is 0 Å². The fourth-order valence-electron chi connectivity index (χ4n) is 2.27. The molecule has 2 heterocycles. The van der Waals surface area contributed by atoms with E-state index in [0.29, 0.717) is 6.54 Å². The Hall–Kier alpha value is -2.63. The molecule has 0 atom stereocenters. The number of hydrogen-bond acceptors (Lipinski definition) is 5. The average molecular weight is 268 g/mol. The molecule has 0 fully saturated rings. The fraction of sp³-hybridized carbons (Fsp3) is 0.214. The maximum Gasteiger partial charge on any atom is 0.222 e. The number of benzene rings is 1. The van der Waals surface area contributed by atoms with Crippen LogP contribution < -0.4 is 10.6 Å². The molecular formula is C14H16N6. The number of anilines is 2. The fourth-order valence-corrected chi connectivity index (χ4v) is 2.27. The molecule has 0 amide bonds. The van der Waals surface area contributed by atoms with Crippen molar-refractivity contribution >= 4 is 22.7 Å². The molecule has 0 aliphatic rings. The third-order valence-electron chi connectivity index (χ3n) is 3.14. The second-order valence-corrected chi connectivity index (χ2v) is 4.80. The lowest BCUT2D eigenvalue weighted by atomic mass is 10.2. The van der Waals surface area contributed by atoms with Gasteiger partial charge >= 0.3 is 0 Å². The van der Waals surface area contributed by atoms with Gasteiger partial charge in [-0.15, -0.1) is 0 Å². The molecule has 20 heavy (non-hydrogen) atoms. The monoisotopic (exact) mass is 268 g/mol. The Morgan fingerprint density at radius 2 is 2.05 bits per heavy atom. The number of aromatic nitrogens is 4. The Kier molecular flexibility index (Phi) is 2.98. The zero-order valence-corrected chi connectivity index (χ0v) is 11.5. The van der Waals surface area contributed by atoms with Gasteiger partial charge in [-0.05, 0) is 12.1 Å². The first-order chi connectivity index (χ1) is 9.63. The number of aryl methyl sites for hydroxylation is 1. The molecule has 0 saturated carbocycles. The first-order valence-corrected chi connectivity index (χ1v) is 6.34. The van der Waals surface area contributed by atoms with E-state index in [4.69, 9.17) is 5.73 Å². The van der Waals surface area contributed by atoms with E-state index in [2.05, 4.69) is 20.0 Å². The molecular weight excluding hydrogens is 252 g/mol. The maximum atomic E-state index is 5.79. The van der Waals surface area contributed by atoms with Crippen LogP contribution in [0.5, 0.6) is 0 Å². The Morgan fingerprint density at radius 3 is 2.80 bits per heavy atom. The minimum Gasteiger partial charge on any atom is -0.368 e. The van der Waals surface area contributed by atoms with E-state index in [1.165, 1.54) is 0 Å². The Labute approximate surface area is 116 Å². The van der Waals surface area contributed by atoms with E-state index >= 15 is 0 Å². The average Bonchev–Trinajstić information content (AvgIpc) is 2.83. The molecule has 6 nitrogen and oxygen atoms in total. The van der Waals surface area contributed by atoms with Gasteiger partial charge in [0.05, 0.1) is 11.7 Å². The van der Waals surface area contributed by atoms with E-state index in [9.17, 15) is 0 Å². The van der Waals surface area contributed by atoms with Gasteiger partial charge in [0.2, 0.25) is 5.95 Å². The van der Waals surface area contributed by atoms with Crippen LogP contribution in [-0.4, -0.2) is 26.8 Å². The molecule has 0 aliphatic carbocycles. The maximum absolute atomic E-state index is 5.79. The zero-order valence-electron chi connectivity index (χ0n) is 11.5. The van der Waals surface area contributed by atoms with Crippen LogP contribution in [0.1, 0.15) is 5.56 Å². The predicted octanol–water partition coefficient (Wildman–Crippen LogP) is 1.58. The van der Waals surface area contributed by atoms with Gasteiger partial charge in [0.25, 0.3) is 0 Å². The van der Waals surface area contributed by atoms with E-state index in [0.717, 1.165) is 22.3 Å². The second-order valence-electron chi connectivity index (χ2n) is 4.80. The third kappa shape index (κ3) is 2.27. The van der Waals surface area contributed by atoms with Crippen LogP contribution in [0, 0.1) is 0 Å². The Morgan fingerprint density at radius 1 is 1.25 bits per heavy atom. The van der Waals surface area contributed by atoms with Crippen molar-refractivity contribution in [3.8, 4) is 0 Å². The van der Waals surface area contributed by atoms with Gasteiger partial charge in [-0.1, -0.05) is 12.1 Å². The highest BCUT2D eigenvalue weighted by Gasteiger charge is 2.11. The van der Waals surface area contributed by atoms with E-state index in [-0.39, 0.29) is 5.95 Å². The zero-order chi connectivity index (χ0) is 14.1. The number of nitrogen functional groups attached to an aromatic ring is 1. The molecule has 2 aromatic heterocycles. The summed E-state index contributed by atoms with van der Waals surface area (Å²) in [6.45, 7) is 0.717. The highest BCUT2D eigenvalue weighted by Crippen LogP contribution is 2.24. The Balaban J connectivity index is 2.00. The standard InChI is InChI=1S/C14H16N6/c1-19(8-10-7-16-20(2)9-10)13-11-5-3-4-6-12(11)17-14(15)18-13/h3-7,9H,8H2,1-2H3,(H2,15,17,18). The van der Waals surface area contributed by atoms with Crippen molar-refractivity contribution < 1.29 is 0 Å². The van der Waals surface area contributed by atoms with Crippen molar-refractivity contribution in [3.63, 3.8) is 0 Å². The summed E-state index contributed by atoms with van der Waals surface area (Å²) in [5.74, 6) is 1.12. The van der Waals surface area contributed by atoms with Gasteiger partial charge < -0.3 is 10.6 Å². The number of nitrogens with two attached hydrogens (primary N) is 1. The lowest BCUT2D eigenvalue weighted by Crippen LogP contribution is -2.18. The van der Waals surface area contributed by atoms with Crippen LogP contribution in [0.4, 0.5) is 11.8 Å². The summed E-state index contributed by atoms with van der Waals surface area (Å²) < 4.78 is 1.79. The van der Waals surface area contributed by atoms with Crippen molar-refractivity contribution in [1.82, 2.24) is 19.7 Å². The first kappa shape index (κ1) is 12.4. The van der Waals surface area contributed by atoms with Crippen molar-refractivity contribution in [2.75, 3.05) is 17.7 Å². The molecule has 0 unspecified atom stereocenters. The van der Waals surface area contributed by atoms with Crippen LogP contribution in [0.15, 0.2) is 36.7 Å². The molecule has 0 saturated heterocycles. The summed E-state index contributed by atoms with van der Waals surface area (Å²) >= 11 is 0. The van der Waals surface area contributed by atoms with Crippen LogP contribution in [0.25, 0.3) is 10.9 Å². The van der Waals surface area contributed by atoms with Crippen molar-refractivity contribution in [2.45, 2.75) is 6.54 Å². The molecule has 2 N–H and O–H groups in total. The molecule has 102 valence electrons. The summed E-state index contributed by atoms with van der Waals surface area (Å²) in [5.41, 5.74) is 7.77. The topological polar surface area (TPSA) is 72.9 Å². The SMILES string of the molecule is CN(Cc1cnn(C)c1)c1nc(N)nc2ccccc12. The van der Waals surface area contributed by atoms with Gasteiger partial charge in [-0.3, -0.25) is 4.68 Å². The highest BCUT2D eigenvalue weighted by atomic mass is 15.2. The third-order valence-corrected chi connectivity index (χ3v) is 3.14. The first-order valence-electron chi connectivity index (χ1n) is 6.34. The van der Waals surface area contributed by atoms with Crippen LogP contribution >= 0.6 is 0 Å². The summed E-state index contributed by atoms with van der Waals surface area (Å²) in [6.07, 6.45) is 3.84. The molecule has 3 aromatic rings.